The summed E-state index contributed by atoms with van der Waals surface area (Å²) in [6, 6.07) is 1.38. The van der Waals surface area contributed by atoms with Crippen molar-refractivity contribution in [1.29, 1.82) is 0 Å². The van der Waals surface area contributed by atoms with E-state index < -0.39 is 5.60 Å². The van der Waals surface area contributed by atoms with Crippen molar-refractivity contribution < 1.29 is 14.3 Å². The summed E-state index contributed by atoms with van der Waals surface area (Å²) in [5.41, 5.74) is -0.0366. The predicted molar refractivity (Wildman–Crippen MR) is 73.6 cm³/mol. The van der Waals surface area contributed by atoms with Gasteiger partial charge in [0.15, 0.2) is 0 Å². The molecule has 0 bridgehead atoms. The van der Waals surface area contributed by atoms with Crippen molar-refractivity contribution >= 4 is 5.91 Å². The van der Waals surface area contributed by atoms with Crippen LogP contribution in [0.1, 0.15) is 44.1 Å². The lowest BCUT2D eigenvalue weighted by molar-refractivity contribution is -0.122. The SMILES string of the molecule is O=C(CCc1cncc(F)c1)NCC1(O)CCCCC1. The van der Waals surface area contributed by atoms with E-state index in [0.29, 0.717) is 18.5 Å². The number of carbonyl (C=O) groups excluding carboxylic acids is 1. The van der Waals surface area contributed by atoms with Crippen LogP contribution in [0, 0.1) is 5.82 Å². The van der Waals surface area contributed by atoms with Crippen molar-refractivity contribution in [2.75, 3.05) is 6.54 Å². The normalized spacial score (nSPS) is 17.7. The Kier molecular flexibility index (Phi) is 5.06. The molecule has 0 saturated heterocycles. The number of amides is 1. The monoisotopic (exact) mass is 280 g/mol. The van der Waals surface area contributed by atoms with Gasteiger partial charge in [-0.25, -0.2) is 4.39 Å². The van der Waals surface area contributed by atoms with Crippen molar-refractivity contribution in [1.82, 2.24) is 10.3 Å². The Balaban J connectivity index is 1.72. The lowest BCUT2D eigenvalue weighted by Crippen LogP contribution is -2.44. The van der Waals surface area contributed by atoms with E-state index in [1.54, 1.807) is 6.20 Å². The number of nitrogens with zero attached hydrogens (tertiary/aromatic N) is 1. The van der Waals surface area contributed by atoms with Crippen LogP contribution in [-0.2, 0) is 11.2 Å². The molecule has 0 unspecified atom stereocenters. The van der Waals surface area contributed by atoms with E-state index in [-0.39, 0.29) is 18.1 Å². The Hall–Kier alpha value is -1.49. The minimum atomic E-state index is -0.742. The highest BCUT2D eigenvalue weighted by atomic mass is 19.1. The van der Waals surface area contributed by atoms with Crippen molar-refractivity contribution in [3.05, 3.63) is 29.8 Å². The summed E-state index contributed by atoms with van der Waals surface area (Å²) >= 11 is 0. The molecule has 0 spiro atoms. The van der Waals surface area contributed by atoms with Crippen LogP contribution in [0.2, 0.25) is 0 Å². The van der Waals surface area contributed by atoms with Gasteiger partial charge in [0.25, 0.3) is 0 Å². The van der Waals surface area contributed by atoms with Gasteiger partial charge in [-0.2, -0.15) is 0 Å². The first-order chi connectivity index (χ1) is 9.57. The molecular formula is C15H21FN2O2. The van der Waals surface area contributed by atoms with Crippen LogP contribution in [0.4, 0.5) is 4.39 Å². The highest BCUT2D eigenvalue weighted by Gasteiger charge is 2.29. The lowest BCUT2D eigenvalue weighted by atomic mass is 9.85. The molecule has 1 amide bonds. The van der Waals surface area contributed by atoms with Gasteiger partial charge in [0.2, 0.25) is 5.91 Å². The fourth-order valence-electron chi connectivity index (χ4n) is 2.59. The maximum Gasteiger partial charge on any atom is 0.220 e. The summed E-state index contributed by atoms with van der Waals surface area (Å²) in [5, 5.41) is 13.0. The Labute approximate surface area is 118 Å². The van der Waals surface area contributed by atoms with E-state index in [9.17, 15) is 14.3 Å². The smallest absolute Gasteiger partial charge is 0.220 e. The number of rotatable bonds is 5. The molecule has 2 rings (SSSR count). The average Bonchev–Trinajstić information content (AvgIpc) is 2.44. The molecular weight excluding hydrogens is 259 g/mol. The molecule has 1 heterocycles. The molecule has 2 N–H and O–H groups in total. The van der Waals surface area contributed by atoms with Crippen molar-refractivity contribution in [2.24, 2.45) is 0 Å². The summed E-state index contributed by atoms with van der Waals surface area (Å²) in [7, 11) is 0. The summed E-state index contributed by atoms with van der Waals surface area (Å²) in [5.74, 6) is -0.507. The summed E-state index contributed by atoms with van der Waals surface area (Å²) < 4.78 is 12.9. The molecule has 0 aliphatic heterocycles. The van der Waals surface area contributed by atoms with Gasteiger partial charge in [0, 0.05) is 19.2 Å². The minimum absolute atomic E-state index is 0.117. The second-order valence-electron chi connectivity index (χ2n) is 5.57. The minimum Gasteiger partial charge on any atom is -0.388 e. The number of hydrogen-bond acceptors (Lipinski definition) is 3. The molecule has 1 aromatic heterocycles. The van der Waals surface area contributed by atoms with Crippen LogP contribution in [0.25, 0.3) is 0 Å². The van der Waals surface area contributed by atoms with Crippen LogP contribution in [0.15, 0.2) is 18.5 Å². The third-order valence-corrected chi connectivity index (χ3v) is 3.80. The Bertz CT molecular complexity index is 459. The first-order valence-electron chi connectivity index (χ1n) is 7.16. The second kappa shape index (κ2) is 6.79. The molecule has 0 atom stereocenters. The lowest BCUT2D eigenvalue weighted by Gasteiger charge is -2.32. The fraction of sp³-hybridized carbons (Fsp3) is 0.600. The first kappa shape index (κ1) is 14.9. The maximum absolute atomic E-state index is 12.9. The molecule has 1 aliphatic rings. The molecule has 20 heavy (non-hydrogen) atoms. The quantitative estimate of drug-likeness (QED) is 0.866. The number of pyridine rings is 1. The standard InChI is InChI=1S/C15H21FN2O2/c16-13-8-12(9-17-10-13)4-5-14(19)18-11-15(20)6-2-1-3-7-15/h8-10,20H,1-7,11H2,(H,18,19). The van der Waals surface area contributed by atoms with Gasteiger partial charge in [0.1, 0.15) is 5.82 Å². The van der Waals surface area contributed by atoms with E-state index >= 15 is 0 Å². The van der Waals surface area contributed by atoms with Crippen molar-refractivity contribution in [3.63, 3.8) is 0 Å². The molecule has 1 aliphatic carbocycles. The highest BCUT2D eigenvalue weighted by molar-refractivity contribution is 5.76. The third-order valence-electron chi connectivity index (χ3n) is 3.80. The van der Waals surface area contributed by atoms with E-state index in [4.69, 9.17) is 0 Å². The summed E-state index contributed by atoms with van der Waals surface area (Å²) in [6.45, 7) is 0.313. The number of aromatic nitrogens is 1. The summed E-state index contributed by atoms with van der Waals surface area (Å²) in [4.78, 5) is 15.5. The Morgan fingerprint density at radius 1 is 1.35 bits per heavy atom. The largest absolute Gasteiger partial charge is 0.388 e. The number of hydrogen-bond donors (Lipinski definition) is 2. The zero-order valence-electron chi connectivity index (χ0n) is 11.6. The van der Waals surface area contributed by atoms with Crippen LogP contribution < -0.4 is 5.32 Å². The molecule has 4 nitrogen and oxygen atoms in total. The number of nitrogens with one attached hydrogen (secondary N) is 1. The van der Waals surface area contributed by atoms with E-state index in [1.807, 2.05) is 0 Å². The van der Waals surface area contributed by atoms with Crippen LogP contribution >= 0.6 is 0 Å². The molecule has 1 saturated carbocycles. The molecule has 1 fully saturated rings. The molecule has 0 radical (unpaired) electrons. The first-order valence-corrected chi connectivity index (χ1v) is 7.16. The topological polar surface area (TPSA) is 62.2 Å². The number of aryl methyl sites for hydroxylation is 1. The van der Waals surface area contributed by atoms with Gasteiger partial charge in [-0.1, -0.05) is 19.3 Å². The number of halogens is 1. The van der Waals surface area contributed by atoms with Crippen LogP contribution in [0.5, 0.6) is 0 Å². The van der Waals surface area contributed by atoms with Crippen molar-refractivity contribution in [2.45, 2.75) is 50.5 Å². The molecule has 0 aromatic carbocycles. The van der Waals surface area contributed by atoms with Gasteiger partial charge in [-0.3, -0.25) is 9.78 Å². The number of carbonyl (C=O) groups is 1. The van der Waals surface area contributed by atoms with Crippen molar-refractivity contribution in [3.8, 4) is 0 Å². The van der Waals surface area contributed by atoms with E-state index in [1.165, 1.54) is 6.07 Å². The number of aliphatic hydroxyl groups is 1. The maximum atomic E-state index is 12.9. The van der Waals surface area contributed by atoms with E-state index in [0.717, 1.165) is 38.3 Å². The zero-order valence-corrected chi connectivity index (χ0v) is 11.6. The highest BCUT2D eigenvalue weighted by Crippen LogP contribution is 2.27. The Morgan fingerprint density at radius 3 is 2.80 bits per heavy atom. The molecule has 110 valence electrons. The second-order valence-corrected chi connectivity index (χ2v) is 5.57. The average molecular weight is 280 g/mol. The Morgan fingerprint density at radius 2 is 2.10 bits per heavy atom. The van der Waals surface area contributed by atoms with Crippen LogP contribution in [0.3, 0.4) is 0 Å². The van der Waals surface area contributed by atoms with E-state index in [2.05, 4.69) is 10.3 Å². The fourth-order valence-corrected chi connectivity index (χ4v) is 2.59. The molecule has 5 heteroatoms. The van der Waals surface area contributed by atoms with Gasteiger partial charge < -0.3 is 10.4 Å². The van der Waals surface area contributed by atoms with Gasteiger partial charge >= 0.3 is 0 Å². The van der Waals surface area contributed by atoms with Gasteiger partial charge in [-0.05, 0) is 30.9 Å². The predicted octanol–water partition coefficient (Wildman–Crippen LogP) is 1.96. The van der Waals surface area contributed by atoms with Gasteiger partial charge in [-0.15, -0.1) is 0 Å². The zero-order chi connectivity index (χ0) is 14.4. The van der Waals surface area contributed by atoms with Gasteiger partial charge in [0.05, 0.1) is 11.8 Å². The van der Waals surface area contributed by atoms with Crippen LogP contribution in [-0.4, -0.2) is 28.1 Å². The third kappa shape index (κ3) is 4.56. The molecule has 1 aromatic rings. The summed E-state index contributed by atoms with van der Waals surface area (Å²) in [6.07, 6.45) is 8.12.